The maximum atomic E-state index is 13.7. The molecule has 3 aromatic rings. The molecule has 220 valence electrons. The van der Waals surface area contributed by atoms with Crippen LogP contribution >= 0.6 is 0 Å². The topological polar surface area (TPSA) is 63.2 Å². The quantitative estimate of drug-likeness (QED) is 0.192. The van der Waals surface area contributed by atoms with E-state index in [4.69, 9.17) is 23.7 Å². The predicted molar refractivity (Wildman–Crippen MR) is 166 cm³/mol. The summed E-state index contributed by atoms with van der Waals surface area (Å²) in [6.45, 7) is 4.66. The summed E-state index contributed by atoms with van der Waals surface area (Å²) in [6.07, 6.45) is 13.2. The van der Waals surface area contributed by atoms with E-state index >= 15 is 0 Å². The normalized spacial score (nSPS) is 25.2. The largest absolute Gasteiger partial charge is 0.471 e. The van der Waals surface area contributed by atoms with Crippen LogP contribution in [0.15, 0.2) is 120 Å². The minimum Gasteiger partial charge on any atom is -0.471 e. The van der Waals surface area contributed by atoms with Crippen LogP contribution < -0.4 is 4.74 Å². The summed E-state index contributed by atoms with van der Waals surface area (Å²) in [7, 11) is 3.23. The maximum absolute atomic E-state index is 13.7. The van der Waals surface area contributed by atoms with Gasteiger partial charge in [0.25, 0.3) is 0 Å². The van der Waals surface area contributed by atoms with E-state index in [9.17, 15) is 4.79 Å². The molecular formula is C37H36O6. The van der Waals surface area contributed by atoms with Gasteiger partial charge in [-0.15, -0.1) is 0 Å². The first-order valence-electron chi connectivity index (χ1n) is 14.6. The Morgan fingerprint density at radius 3 is 2.28 bits per heavy atom. The zero-order valence-electron chi connectivity index (χ0n) is 25.0. The van der Waals surface area contributed by atoms with Gasteiger partial charge in [-0.25, -0.2) is 4.79 Å². The molecule has 0 saturated heterocycles. The Kier molecular flexibility index (Phi) is 8.06. The molecule has 0 saturated carbocycles. The second-order valence-electron chi connectivity index (χ2n) is 11.2. The van der Waals surface area contributed by atoms with Crippen LogP contribution in [0.25, 0.3) is 10.8 Å². The highest BCUT2D eigenvalue weighted by Crippen LogP contribution is 2.53. The first kappa shape index (κ1) is 28.7. The summed E-state index contributed by atoms with van der Waals surface area (Å²) in [4.78, 5) is 13.7. The SMILES string of the molecule is COCO/C1=C2\C=CC=C/C(=C(C3(c4ccc(OCOC)c5ccccc45)OC(=O)c4ccccc43)/C=C\C1C(C)C)C2. The molecule has 2 atom stereocenters. The van der Waals surface area contributed by atoms with E-state index in [-0.39, 0.29) is 31.4 Å². The number of methoxy groups -OCH3 is 2. The maximum Gasteiger partial charge on any atom is 0.340 e. The molecule has 0 amide bonds. The predicted octanol–water partition coefficient (Wildman–Crippen LogP) is 7.77. The van der Waals surface area contributed by atoms with Gasteiger partial charge < -0.3 is 23.7 Å². The van der Waals surface area contributed by atoms with Gasteiger partial charge in [0, 0.05) is 48.6 Å². The molecule has 0 fully saturated rings. The zero-order valence-corrected chi connectivity index (χ0v) is 25.0. The lowest BCUT2D eigenvalue weighted by molar-refractivity contribution is -0.00624. The van der Waals surface area contributed by atoms with Crippen LogP contribution in [0.4, 0.5) is 0 Å². The number of allylic oxidation sites excluding steroid dienone is 7. The second kappa shape index (κ2) is 12.1. The van der Waals surface area contributed by atoms with E-state index < -0.39 is 5.60 Å². The first-order valence-corrected chi connectivity index (χ1v) is 14.6. The summed E-state index contributed by atoms with van der Waals surface area (Å²) in [6, 6.07) is 19.7. The standard InChI is InChI=1S/C37H36O6/c1-24(2)27-17-18-31(25-11-5-6-12-26(21-25)35(27)42-23-40-4)37(32-16-10-9-15-30(32)36(38)43-37)33-19-20-34(41-22-39-3)29-14-8-7-13-28(29)33/h5-20,24,27H,21-23H2,1-4H3/b18-17-,31-25+,35-26+. The fourth-order valence-electron chi connectivity index (χ4n) is 6.40. The van der Waals surface area contributed by atoms with E-state index in [1.807, 2.05) is 66.7 Å². The highest BCUT2D eigenvalue weighted by atomic mass is 16.7. The molecule has 0 spiro atoms. The Balaban J connectivity index is 1.67. The molecule has 1 heterocycles. The lowest BCUT2D eigenvalue weighted by atomic mass is 9.73. The molecule has 2 bridgehead atoms. The molecule has 0 aromatic heterocycles. The Bertz CT molecular complexity index is 1710. The van der Waals surface area contributed by atoms with Crippen molar-refractivity contribution in [1.82, 2.24) is 0 Å². The van der Waals surface area contributed by atoms with Crippen LogP contribution in [-0.2, 0) is 24.5 Å². The van der Waals surface area contributed by atoms with Gasteiger partial charge in [-0.1, -0.05) is 92.8 Å². The lowest BCUT2D eigenvalue weighted by Crippen LogP contribution is -2.32. The third-order valence-electron chi connectivity index (χ3n) is 8.32. The van der Waals surface area contributed by atoms with Gasteiger partial charge in [0.1, 0.15) is 11.5 Å². The van der Waals surface area contributed by atoms with Crippen LogP contribution in [0.1, 0.15) is 41.8 Å². The van der Waals surface area contributed by atoms with E-state index in [1.165, 1.54) is 0 Å². The van der Waals surface area contributed by atoms with Crippen molar-refractivity contribution in [2.24, 2.45) is 11.8 Å². The first-order chi connectivity index (χ1) is 21.0. The third-order valence-corrected chi connectivity index (χ3v) is 8.32. The highest BCUT2D eigenvalue weighted by molar-refractivity contribution is 5.99. The van der Waals surface area contributed by atoms with E-state index in [0.717, 1.165) is 44.4 Å². The van der Waals surface area contributed by atoms with Crippen molar-refractivity contribution in [3.05, 3.63) is 136 Å². The van der Waals surface area contributed by atoms with Gasteiger partial charge in [-0.3, -0.25) is 0 Å². The number of fused-ring (bicyclic) bond motifs is 4. The smallest absolute Gasteiger partial charge is 0.340 e. The Morgan fingerprint density at radius 2 is 1.51 bits per heavy atom. The molecule has 6 nitrogen and oxygen atoms in total. The van der Waals surface area contributed by atoms with Crippen molar-refractivity contribution in [3.63, 3.8) is 0 Å². The second-order valence-corrected chi connectivity index (χ2v) is 11.2. The van der Waals surface area contributed by atoms with E-state index in [2.05, 4.69) is 44.2 Å². The van der Waals surface area contributed by atoms with Crippen LogP contribution in [0.2, 0.25) is 0 Å². The van der Waals surface area contributed by atoms with Gasteiger partial charge >= 0.3 is 5.97 Å². The van der Waals surface area contributed by atoms with Crippen molar-refractivity contribution in [2.45, 2.75) is 25.9 Å². The van der Waals surface area contributed by atoms with Crippen LogP contribution in [0.3, 0.4) is 0 Å². The number of ether oxygens (including phenoxy) is 5. The van der Waals surface area contributed by atoms with Crippen molar-refractivity contribution in [3.8, 4) is 5.75 Å². The Labute approximate surface area is 252 Å². The van der Waals surface area contributed by atoms with Gasteiger partial charge in [0.2, 0.25) is 0 Å². The molecule has 6 heteroatoms. The monoisotopic (exact) mass is 576 g/mol. The summed E-state index contributed by atoms with van der Waals surface area (Å²) in [5, 5.41) is 1.84. The average Bonchev–Trinajstić information content (AvgIpc) is 3.14. The highest BCUT2D eigenvalue weighted by Gasteiger charge is 2.51. The number of hydrogen-bond acceptors (Lipinski definition) is 6. The van der Waals surface area contributed by atoms with Crippen LogP contribution in [-0.4, -0.2) is 33.8 Å². The summed E-state index contributed by atoms with van der Waals surface area (Å²) in [5.74, 6) is 1.47. The Morgan fingerprint density at radius 1 is 0.814 bits per heavy atom. The molecule has 0 radical (unpaired) electrons. The van der Waals surface area contributed by atoms with Crippen molar-refractivity contribution >= 4 is 16.7 Å². The molecule has 0 N–H and O–H groups in total. The van der Waals surface area contributed by atoms with Crippen molar-refractivity contribution in [1.29, 1.82) is 0 Å². The van der Waals surface area contributed by atoms with Gasteiger partial charge in [0.15, 0.2) is 19.2 Å². The molecule has 1 aliphatic heterocycles. The summed E-state index contributed by atoms with van der Waals surface area (Å²) in [5.41, 5.74) is 4.05. The number of hydrogen-bond donors (Lipinski definition) is 0. The van der Waals surface area contributed by atoms with Gasteiger partial charge in [-0.2, -0.15) is 0 Å². The third kappa shape index (κ3) is 5.01. The fourth-order valence-corrected chi connectivity index (χ4v) is 6.40. The molecule has 6 rings (SSSR count). The number of carbonyl (C=O) groups excluding carboxylic acids is 1. The summed E-state index contributed by atoms with van der Waals surface area (Å²) >= 11 is 0. The van der Waals surface area contributed by atoms with Crippen molar-refractivity contribution in [2.75, 3.05) is 27.8 Å². The number of cyclic esters (lactones) is 1. The van der Waals surface area contributed by atoms with E-state index in [1.54, 1.807) is 14.2 Å². The van der Waals surface area contributed by atoms with Crippen LogP contribution in [0.5, 0.6) is 5.75 Å². The Hall–Kier alpha value is -4.39. The van der Waals surface area contributed by atoms with E-state index in [0.29, 0.717) is 17.7 Å². The van der Waals surface area contributed by atoms with Crippen molar-refractivity contribution < 1.29 is 28.5 Å². The van der Waals surface area contributed by atoms with Crippen LogP contribution in [0, 0.1) is 11.8 Å². The minimum atomic E-state index is -1.20. The average molecular weight is 577 g/mol. The molecule has 3 aliphatic rings. The minimum absolute atomic E-state index is 0.0181. The fraction of sp³-hybridized carbons (Fsp3) is 0.270. The number of rotatable bonds is 9. The molecule has 2 aliphatic carbocycles. The van der Waals surface area contributed by atoms with Gasteiger partial charge in [-0.05, 0) is 40.6 Å². The molecule has 3 aromatic carbocycles. The lowest BCUT2D eigenvalue weighted by Gasteiger charge is -2.35. The number of benzene rings is 3. The number of esters is 1. The molecule has 2 unspecified atom stereocenters. The zero-order chi connectivity index (χ0) is 30.0. The van der Waals surface area contributed by atoms with Gasteiger partial charge in [0.05, 0.1) is 5.56 Å². The summed E-state index contributed by atoms with van der Waals surface area (Å²) < 4.78 is 29.3. The molecule has 43 heavy (non-hydrogen) atoms. The molecular weight excluding hydrogens is 540 g/mol. The number of carbonyl (C=O) groups is 1.